The number of para-hydroxylation sites is 1. The first kappa shape index (κ1) is 11.5. The monoisotopic (exact) mass is 253 g/mol. The number of hydrogen-bond acceptors (Lipinski definition) is 2. The summed E-state index contributed by atoms with van der Waals surface area (Å²) in [7, 11) is 0. The van der Waals surface area contributed by atoms with Crippen molar-refractivity contribution in [1.29, 1.82) is 0 Å². The smallest absolute Gasteiger partial charge is 0.335 e. The highest BCUT2D eigenvalue weighted by Gasteiger charge is 2.28. The van der Waals surface area contributed by atoms with E-state index >= 15 is 0 Å². The number of carboxylic acids is 1. The van der Waals surface area contributed by atoms with Crippen LogP contribution in [0.15, 0.2) is 48.5 Å². The van der Waals surface area contributed by atoms with E-state index in [9.17, 15) is 9.59 Å². The lowest BCUT2D eigenvalue weighted by Crippen LogP contribution is -2.21. The number of rotatable bonds is 2. The molecule has 2 aromatic carbocycles. The number of carbonyl (C=O) groups is 2. The lowest BCUT2D eigenvalue weighted by atomic mass is 10.1. The van der Waals surface area contributed by atoms with E-state index in [1.807, 2.05) is 24.3 Å². The summed E-state index contributed by atoms with van der Waals surface area (Å²) in [6, 6.07) is 14.0. The zero-order valence-corrected chi connectivity index (χ0v) is 10.0. The first-order chi connectivity index (χ1) is 9.16. The van der Waals surface area contributed by atoms with Gasteiger partial charge in [0, 0.05) is 5.69 Å². The Morgan fingerprint density at radius 2 is 1.89 bits per heavy atom. The highest BCUT2D eigenvalue weighted by Crippen LogP contribution is 2.35. The molecule has 0 spiro atoms. The Bertz CT molecular complexity index is 679. The Morgan fingerprint density at radius 1 is 1.11 bits per heavy atom. The summed E-state index contributed by atoms with van der Waals surface area (Å²) < 4.78 is 0. The molecule has 4 heteroatoms. The molecule has 1 N–H and O–H groups in total. The largest absolute Gasteiger partial charge is 0.478 e. The van der Waals surface area contributed by atoms with Crippen LogP contribution in [-0.4, -0.2) is 17.0 Å². The molecule has 1 amide bonds. The number of aromatic carboxylic acids is 1. The molecule has 0 aromatic heterocycles. The fourth-order valence-electron chi connectivity index (χ4n) is 2.32. The fourth-order valence-corrected chi connectivity index (χ4v) is 2.32. The van der Waals surface area contributed by atoms with E-state index in [0.29, 0.717) is 12.1 Å². The highest BCUT2D eigenvalue weighted by molar-refractivity contribution is 6.07. The molecule has 0 aliphatic carbocycles. The Labute approximate surface area is 109 Å². The van der Waals surface area contributed by atoms with Crippen LogP contribution in [0, 0.1) is 0 Å². The molecule has 0 radical (unpaired) electrons. The van der Waals surface area contributed by atoms with E-state index in [1.165, 1.54) is 12.1 Å². The second-order valence-electron chi connectivity index (χ2n) is 4.39. The average molecular weight is 253 g/mol. The van der Waals surface area contributed by atoms with Gasteiger partial charge in [0.1, 0.15) is 0 Å². The number of nitrogens with zero attached hydrogens (tertiary/aromatic N) is 1. The standard InChI is InChI=1S/C15H11NO3/c17-14-9-10-4-1-2-7-13(10)16(14)12-6-3-5-11(8-12)15(18)19/h1-8H,9H2,(H,18,19). The van der Waals surface area contributed by atoms with Gasteiger partial charge in [-0.1, -0.05) is 24.3 Å². The van der Waals surface area contributed by atoms with Crippen molar-refractivity contribution in [3.63, 3.8) is 0 Å². The number of fused-ring (bicyclic) bond motifs is 1. The first-order valence-electron chi connectivity index (χ1n) is 5.91. The number of carboxylic acid groups (broad SMARTS) is 1. The Balaban J connectivity index is 2.10. The quantitative estimate of drug-likeness (QED) is 0.895. The topological polar surface area (TPSA) is 57.6 Å². The lowest BCUT2D eigenvalue weighted by Gasteiger charge is -2.17. The SMILES string of the molecule is O=C(O)c1cccc(N2C(=O)Cc3ccccc32)c1. The second-order valence-corrected chi connectivity index (χ2v) is 4.39. The van der Waals surface area contributed by atoms with Gasteiger partial charge in [-0.3, -0.25) is 9.69 Å². The molecule has 2 aromatic rings. The molecular formula is C15H11NO3. The fraction of sp³-hybridized carbons (Fsp3) is 0.0667. The Morgan fingerprint density at radius 3 is 2.68 bits per heavy atom. The van der Waals surface area contributed by atoms with Crippen LogP contribution in [0.2, 0.25) is 0 Å². The van der Waals surface area contributed by atoms with E-state index in [-0.39, 0.29) is 11.5 Å². The van der Waals surface area contributed by atoms with Crippen LogP contribution >= 0.6 is 0 Å². The number of benzene rings is 2. The normalized spacial score (nSPS) is 13.5. The molecule has 94 valence electrons. The zero-order chi connectivity index (χ0) is 13.4. The van der Waals surface area contributed by atoms with Crippen LogP contribution in [-0.2, 0) is 11.2 Å². The van der Waals surface area contributed by atoms with Gasteiger partial charge in [-0.15, -0.1) is 0 Å². The van der Waals surface area contributed by atoms with Crippen LogP contribution < -0.4 is 4.90 Å². The van der Waals surface area contributed by atoms with E-state index in [4.69, 9.17) is 5.11 Å². The van der Waals surface area contributed by atoms with Crippen LogP contribution in [0.3, 0.4) is 0 Å². The van der Waals surface area contributed by atoms with E-state index in [0.717, 1.165) is 11.3 Å². The van der Waals surface area contributed by atoms with Crippen molar-refractivity contribution < 1.29 is 14.7 Å². The van der Waals surface area contributed by atoms with Crippen molar-refractivity contribution >= 4 is 23.3 Å². The van der Waals surface area contributed by atoms with Gasteiger partial charge in [0.15, 0.2) is 0 Å². The number of carbonyl (C=O) groups excluding carboxylic acids is 1. The minimum Gasteiger partial charge on any atom is -0.478 e. The molecule has 0 saturated heterocycles. The molecule has 0 fully saturated rings. The lowest BCUT2D eigenvalue weighted by molar-refractivity contribution is -0.116. The molecule has 1 aliphatic heterocycles. The summed E-state index contributed by atoms with van der Waals surface area (Å²) in [5, 5.41) is 9.01. The van der Waals surface area contributed by atoms with Crippen LogP contribution in [0.4, 0.5) is 11.4 Å². The predicted octanol–water partition coefficient (Wildman–Crippen LogP) is 2.61. The summed E-state index contributed by atoms with van der Waals surface area (Å²) in [6.45, 7) is 0. The van der Waals surface area contributed by atoms with Crippen molar-refractivity contribution in [3.8, 4) is 0 Å². The number of amides is 1. The molecule has 0 atom stereocenters. The number of hydrogen-bond donors (Lipinski definition) is 1. The minimum absolute atomic E-state index is 0.0382. The van der Waals surface area contributed by atoms with Gasteiger partial charge < -0.3 is 5.11 Å². The predicted molar refractivity (Wildman–Crippen MR) is 70.7 cm³/mol. The third-order valence-corrected chi connectivity index (χ3v) is 3.17. The average Bonchev–Trinajstić information content (AvgIpc) is 2.74. The summed E-state index contributed by atoms with van der Waals surface area (Å²) in [5.41, 5.74) is 2.56. The van der Waals surface area contributed by atoms with Crippen LogP contribution in [0.25, 0.3) is 0 Å². The zero-order valence-electron chi connectivity index (χ0n) is 10.0. The van der Waals surface area contributed by atoms with Gasteiger partial charge in [0.05, 0.1) is 17.7 Å². The maximum Gasteiger partial charge on any atom is 0.335 e. The van der Waals surface area contributed by atoms with Gasteiger partial charge in [-0.05, 0) is 29.8 Å². The summed E-state index contributed by atoms with van der Waals surface area (Å²) in [5.74, 6) is -1.04. The third-order valence-electron chi connectivity index (χ3n) is 3.17. The molecule has 0 saturated carbocycles. The molecular weight excluding hydrogens is 242 g/mol. The van der Waals surface area contributed by atoms with E-state index in [2.05, 4.69) is 0 Å². The molecule has 4 nitrogen and oxygen atoms in total. The molecule has 1 heterocycles. The third kappa shape index (κ3) is 1.87. The van der Waals surface area contributed by atoms with Gasteiger partial charge in [0.2, 0.25) is 5.91 Å². The number of anilines is 2. The molecule has 19 heavy (non-hydrogen) atoms. The maximum atomic E-state index is 12.1. The Kier molecular flexibility index (Phi) is 2.56. The summed E-state index contributed by atoms with van der Waals surface area (Å²) in [4.78, 5) is 24.7. The molecule has 3 rings (SSSR count). The van der Waals surface area contributed by atoms with Gasteiger partial charge in [-0.2, -0.15) is 0 Å². The highest BCUT2D eigenvalue weighted by atomic mass is 16.4. The van der Waals surface area contributed by atoms with Crippen molar-refractivity contribution in [2.24, 2.45) is 0 Å². The van der Waals surface area contributed by atoms with Crippen LogP contribution in [0.1, 0.15) is 15.9 Å². The first-order valence-corrected chi connectivity index (χ1v) is 5.91. The van der Waals surface area contributed by atoms with Crippen LogP contribution in [0.5, 0.6) is 0 Å². The maximum absolute atomic E-state index is 12.1. The van der Waals surface area contributed by atoms with E-state index < -0.39 is 5.97 Å². The van der Waals surface area contributed by atoms with Crippen molar-refractivity contribution in [2.45, 2.75) is 6.42 Å². The molecule has 0 unspecified atom stereocenters. The molecule has 0 bridgehead atoms. The summed E-state index contributed by atoms with van der Waals surface area (Å²) in [6.07, 6.45) is 0.355. The second kappa shape index (κ2) is 4.24. The summed E-state index contributed by atoms with van der Waals surface area (Å²) >= 11 is 0. The van der Waals surface area contributed by atoms with Crippen molar-refractivity contribution in [2.75, 3.05) is 4.90 Å². The molecule has 1 aliphatic rings. The Hall–Kier alpha value is -2.62. The minimum atomic E-state index is -0.998. The van der Waals surface area contributed by atoms with Gasteiger partial charge >= 0.3 is 5.97 Å². The van der Waals surface area contributed by atoms with Gasteiger partial charge in [-0.25, -0.2) is 4.79 Å². The van der Waals surface area contributed by atoms with Gasteiger partial charge in [0.25, 0.3) is 0 Å². The van der Waals surface area contributed by atoms with E-state index in [1.54, 1.807) is 17.0 Å². The van der Waals surface area contributed by atoms with Crippen molar-refractivity contribution in [3.05, 3.63) is 59.7 Å². The van der Waals surface area contributed by atoms with Crippen molar-refractivity contribution in [1.82, 2.24) is 0 Å².